The molecule has 1 aliphatic rings. The van der Waals surface area contributed by atoms with E-state index in [1.54, 1.807) is 24.3 Å². The van der Waals surface area contributed by atoms with Crippen LogP contribution in [-0.4, -0.2) is 29.0 Å². The minimum Gasteiger partial charge on any atom is -0.491 e. The molecule has 2 heterocycles. The van der Waals surface area contributed by atoms with Crippen LogP contribution in [-0.2, 0) is 16.1 Å². The molecule has 1 fully saturated rings. The largest absolute Gasteiger partial charge is 0.491 e. The lowest BCUT2D eigenvalue weighted by molar-refractivity contribution is -0.122. The molecule has 1 aromatic heterocycles. The Hall–Kier alpha value is -4.36. The zero-order valence-corrected chi connectivity index (χ0v) is 21.1. The molecule has 8 heteroatoms. The molecular weight excluding hydrogens is 490 g/mol. The molecule has 1 N–H and O–H groups in total. The van der Waals surface area contributed by atoms with Gasteiger partial charge in [-0.15, -0.1) is 0 Å². The number of hydrogen-bond donors (Lipinski definition) is 1. The highest BCUT2D eigenvalue weighted by Gasteiger charge is 2.37. The summed E-state index contributed by atoms with van der Waals surface area (Å²) >= 11 is 5.95. The van der Waals surface area contributed by atoms with E-state index in [1.165, 1.54) is 6.08 Å². The van der Waals surface area contributed by atoms with Gasteiger partial charge in [-0.1, -0.05) is 48.0 Å². The molecule has 0 radical (unpaired) electrons. The first-order valence-electron chi connectivity index (χ1n) is 11.8. The van der Waals surface area contributed by atoms with Gasteiger partial charge in [0.05, 0.1) is 12.2 Å². The van der Waals surface area contributed by atoms with Gasteiger partial charge in [-0.25, -0.2) is 9.69 Å². The Morgan fingerprint density at radius 3 is 2.35 bits per heavy atom. The highest BCUT2D eigenvalue weighted by molar-refractivity contribution is 6.39. The zero-order chi connectivity index (χ0) is 26.1. The fourth-order valence-electron chi connectivity index (χ4n) is 4.49. The average Bonchev–Trinajstić information content (AvgIpc) is 3.22. The van der Waals surface area contributed by atoms with Crippen molar-refractivity contribution in [3.05, 3.63) is 100 Å². The van der Waals surface area contributed by atoms with Crippen LogP contribution in [0, 0.1) is 13.8 Å². The maximum Gasteiger partial charge on any atom is 0.335 e. The van der Waals surface area contributed by atoms with Crippen LogP contribution in [0.25, 0.3) is 17.0 Å². The van der Waals surface area contributed by atoms with E-state index in [0.717, 1.165) is 32.7 Å². The van der Waals surface area contributed by atoms with Crippen LogP contribution < -0.4 is 15.0 Å². The van der Waals surface area contributed by atoms with Gasteiger partial charge in [0.1, 0.15) is 17.9 Å². The number of ether oxygens (including phenoxy) is 1. The summed E-state index contributed by atoms with van der Waals surface area (Å²) in [6.07, 6.45) is 3.41. The Balaban J connectivity index is 1.45. The number of para-hydroxylation sites is 2. The third-order valence-corrected chi connectivity index (χ3v) is 6.55. The number of benzene rings is 3. The zero-order valence-electron chi connectivity index (χ0n) is 20.3. The standard InChI is InChI=1S/C29H24ClN3O4/c1-18-6-5-7-19(2)26(18)37-15-14-32-17-20(23-8-3-4-9-25(23)32)16-24-27(34)31-29(36)33(28(24)35)22-12-10-21(30)11-13-22/h3-13,16-17H,14-15H2,1-2H3,(H,31,34,36). The summed E-state index contributed by atoms with van der Waals surface area (Å²) in [5.74, 6) is -0.570. The summed E-state index contributed by atoms with van der Waals surface area (Å²) in [6.45, 7) is 5.04. The van der Waals surface area contributed by atoms with Gasteiger partial charge in [0.25, 0.3) is 11.8 Å². The lowest BCUT2D eigenvalue weighted by Gasteiger charge is -2.26. The summed E-state index contributed by atoms with van der Waals surface area (Å²) < 4.78 is 8.12. The van der Waals surface area contributed by atoms with Crippen molar-refractivity contribution >= 4 is 52.1 Å². The molecule has 0 aliphatic carbocycles. The molecule has 0 unspecified atom stereocenters. The number of amides is 4. The highest BCUT2D eigenvalue weighted by atomic mass is 35.5. The molecule has 4 aromatic rings. The van der Waals surface area contributed by atoms with Gasteiger partial charge in [-0.3, -0.25) is 14.9 Å². The van der Waals surface area contributed by atoms with Gasteiger partial charge in [0.15, 0.2) is 0 Å². The number of carbonyl (C=O) groups is 3. The number of halogens is 1. The number of carbonyl (C=O) groups excluding carboxylic acids is 3. The third kappa shape index (κ3) is 4.73. The highest BCUT2D eigenvalue weighted by Crippen LogP contribution is 2.28. The minimum absolute atomic E-state index is 0.135. The van der Waals surface area contributed by atoms with Crippen LogP contribution in [0.1, 0.15) is 16.7 Å². The number of anilines is 1. The first kappa shape index (κ1) is 24.3. The molecule has 0 saturated carbocycles. The van der Waals surface area contributed by atoms with E-state index in [9.17, 15) is 14.4 Å². The summed E-state index contributed by atoms with van der Waals surface area (Å²) in [4.78, 5) is 39.4. The van der Waals surface area contributed by atoms with Crippen LogP contribution >= 0.6 is 11.6 Å². The maximum atomic E-state index is 13.3. The Labute approximate surface area is 218 Å². The van der Waals surface area contributed by atoms with E-state index < -0.39 is 17.8 Å². The number of urea groups is 1. The summed E-state index contributed by atoms with van der Waals surface area (Å²) in [5.41, 5.74) is 3.95. The molecule has 0 spiro atoms. The quantitative estimate of drug-likeness (QED) is 0.266. The average molecular weight is 514 g/mol. The molecule has 0 atom stereocenters. The van der Waals surface area contributed by atoms with E-state index in [-0.39, 0.29) is 5.57 Å². The molecule has 0 bridgehead atoms. The van der Waals surface area contributed by atoms with Gasteiger partial charge in [-0.2, -0.15) is 0 Å². The number of nitrogens with one attached hydrogen (secondary N) is 1. The van der Waals surface area contributed by atoms with Crippen LogP contribution in [0.5, 0.6) is 5.75 Å². The number of fused-ring (bicyclic) bond motifs is 1. The summed E-state index contributed by atoms with van der Waals surface area (Å²) in [7, 11) is 0. The van der Waals surface area contributed by atoms with Crippen molar-refractivity contribution in [1.29, 1.82) is 0 Å². The number of barbiturate groups is 1. The second-order valence-corrected chi connectivity index (χ2v) is 9.24. The summed E-state index contributed by atoms with van der Waals surface area (Å²) in [5, 5.41) is 3.60. The van der Waals surface area contributed by atoms with Gasteiger partial charge in [0, 0.05) is 27.7 Å². The number of aromatic nitrogens is 1. The van der Waals surface area contributed by atoms with Crippen LogP contribution in [0.4, 0.5) is 10.5 Å². The number of rotatable bonds is 6. The second-order valence-electron chi connectivity index (χ2n) is 8.80. The van der Waals surface area contributed by atoms with E-state index in [2.05, 4.69) is 5.32 Å². The lowest BCUT2D eigenvalue weighted by atomic mass is 10.1. The molecular formula is C29H24ClN3O4. The Morgan fingerprint density at radius 2 is 1.62 bits per heavy atom. The molecule has 4 amide bonds. The van der Waals surface area contributed by atoms with Crippen molar-refractivity contribution in [2.24, 2.45) is 0 Å². The Bertz CT molecular complexity index is 1550. The van der Waals surface area contributed by atoms with Crippen molar-refractivity contribution in [3.8, 4) is 5.75 Å². The maximum absolute atomic E-state index is 13.3. The van der Waals surface area contributed by atoms with E-state index in [0.29, 0.717) is 29.4 Å². The fraction of sp³-hybridized carbons (Fsp3) is 0.138. The van der Waals surface area contributed by atoms with E-state index in [1.807, 2.05) is 67.1 Å². The molecule has 5 rings (SSSR count). The number of nitrogens with zero attached hydrogens (tertiary/aromatic N) is 2. The molecule has 186 valence electrons. The lowest BCUT2D eigenvalue weighted by Crippen LogP contribution is -2.54. The smallest absolute Gasteiger partial charge is 0.335 e. The van der Waals surface area contributed by atoms with E-state index in [4.69, 9.17) is 16.3 Å². The van der Waals surface area contributed by atoms with Gasteiger partial charge in [0.2, 0.25) is 0 Å². The predicted octanol–water partition coefficient (Wildman–Crippen LogP) is 5.66. The van der Waals surface area contributed by atoms with Crippen molar-refractivity contribution in [2.75, 3.05) is 11.5 Å². The fourth-order valence-corrected chi connectivity index (χ4v) is 4.61. The van der Waals surface area contributed by atoms with Gasteiger partial charge >= 0.3 is 6.03 Å². The second kappa shape index (κ2) is 9.95. The number of aryl methyl sites for hydroxylation is 2. The third-order valence-electron chi connectivity index (χ3n) is 6.29. The van der Waals surface area contributed by atoms with Crippen LogP contribution in [0.3, 0.4) is 0 Å². The monoisotopic (exact) mass is 513 g/mol. The van der Waals surface area contributed by atoms with Crippen molar-refractivity contribution in [3.63, 3.8) is 0 Å². The van der Waals surface area contributed by atoms with Crippen LogP contribution in [0.2, 0.25) is 5.02 Å². The van der Waals surface area contributed by atoms with E-state index >= 15 is 0 Å². The molecule has 1 saturated heterocycles. The van der Waals surface area contributed by atoms with Gasteiger partial charge < -0.3 is 9.30 Å². The Kier molecular flexibility index (Phi) is 6.54. The molecule has 1 aliphatic heterocycles. The van der Waals surface area contributed by atoms with Crippen molar-refractivity contribution in [2.45, 2.75) is 20.4 Å². The number of imide groups is 2. The van der Waals surface area contributed by atoms with Gasteiger partial charge in [-0.05, 0) is 61.4 Å². The first-order chi connectivity index (χ1) is 17.8. The number of hydrogen-bond acceptors (Lipinski definition) is 4. The molecule has 7 nitrogen and oxygen atoms in total. The molecule has 3 aromatic carbocycles. The predicted molar refractivity (Wildman–Crippen MR) is 144 cm³/mol. The SMILES string of the molecule is Cc1cccc(C)c1OCCn1cc(C=C2C(=O)NC(=O)N(c3ccc(Cl)cc3)C2=O)c2ccccc21. The minimum atomic E-state index is -0.805. The van der Waals surface area contributed by atoms with Crippen molar-refractivity contribution in [1.82, 2.24) is 9.88 Å². The van der Waals surface area contributed by atoms with Crippen molar-refractivity contribution < 1.29 is 19.1 Å². The topological polar surface area (TPSA) is 80.6 Å². The Morgan fingerprint density at radius 1 is 0.919 bits per heavy atom. The summed E-state index contributed by atoms with van der Waals surface area (Å²) in [6, 6.07) is 19.2. The first-order valence-corrected chi connectivity index (χ1v) is 12.1. The normalized spacial score (nSPS) is 14.9. The van der Waals surface area contributed by atoms with Crippen LogP contribution in [0.15, 0.2) is 78.5 Å². The molecule has 37 heavy (non-hydrogen) atoms.